The number of rotatable bonds is 53. The predicted octanol–water partition coefficient (Wildman–Crippen LogP) is 30.9. The van der Waals surface area contributed by atoms with Crippen molar-refractivity contribution in [2.45, 2.75) is 357 Å². The van der Waals surface area contributed by atoms with E-state index < -0.39 is 0 Å². The minimum Gasteiger partial charge on any atom is -0.461 e. The molecular weight excluding hydrogens is 1140 g/mol. The van der Waals surface area contributed by atoms with Gasteiger partial charge in [0.25, 0.3) is 0 Å². The maximum atomic E-state index is 12.5. The quantitative estimate of drug-likeness (QED) is 0.0448. The van der Waals surface area contributed by atoms with E-state index in [-0.39, 0.29) is 5.97 Å². The van der Waals surface area contributed by atoms with Gasteiger partial charge in [0.05, 0.1) is 0 Å². The highest BCUT2D eigenvalue weighted by Crippen LogP contribution is 2.22. The smallest absolute Gasteiger partial charge is 0.306 e. The minimum absolute atomic E-state index is 0.115. The maximum Gasteiger partial charge on any atom is 0.306 e. The summed E-state index contributed by atoms with van der Waals surface area (Å²) in [5.74, 6) is -0.115. The molecule has 94 heavy (non-hydrogen) atoms. The fraction of sp³-hybridized carbons (Fsp3) is 0.598. The number of carbonyl (C=O) groups excluding carboxylic acids is 1. The lowest BCUT2D eigenvalue weighted by atomic mass is 10.0. The Labute approximate surface area is 585 Å². The molecule has 2 nitrogen and oxygen atoms in total. The van der Waals surface area contributed by atoms with Crippen molar-refractivity contribution in [3.8, 4) is 0 Å². The second kappa shape index (κ2) is 59.1. The molecule has 0 rings (SSSR count). The number of ether oxygens (including phenoxy) is 1. The van der Waals surface area contributed by atoms with Crippen LogP contribution in [0.4, 0.5) is 0 Å². The molecule has 0 aliphatic rings. The van der Waals surface area contributed by atoms with Crippen LogP contribution in [-0.2, 0) is 9.53 Å². The molecule has 0 fully saturated rings. The zero-order chi connectivity index (χ0) is 70.2. The van der Waals surface area contributed by atoms with Crippen molar-refractivity contribution < 1.29 is 9.53 Å². The van der Waals surface area contributed by atoms with Crippen LogP contribution in [0.3, 0.4) is 0 Å². The number of hydrogen-bond acceptors (Lipinski definition) is 2. The summed E-state index contributed by atoms with van der Waals surface area (Å²) >= 11 is 0. The molecule has 0 aromatic rings. The Hall–Kier alpha value is -5.21. The molecule has 0 saturated carbocycles. The van der Waals surface area contributed by atoms with E-state index in [9.17, 15) is 4.79 Å². The van der Waals surface area contributed by atoms with Crippen LogP contribution in [0.5, 0.6) is 0 Å². The topological polar surface area (TPSA) is 26.3 Å². The summed E-state index contributed by atoms with van der Waals surface area (Å²) in [6.07, 6.45) is 80.6. The van der Waals surface area contributed by atoms with Gasteiger partial charge in [-0.15, -0.1) is 0 Å². The van der Waals surface area contributed by atoms with Crippen LogP contribution < -0.4 is 0 Å². The van der Waals surface area contributed by atoms with Gasteiger partial charge in [-0.2, -0.15) is 0 Å². The van der Waals surface area contributed by atoms with Crippen molar-refractivity contribution >= 4 is 5.97 Å². The van der Waals surface area contributed by atoms with E-state index in [2.05, 4.69) is 248 Å². The van der Waals surface area contributed by atoms with Gasteiger partial charge in [0.15, 0.2) is 0 Å². The Kier molecular flexibility index (Phi) is 55.8. The summed E-state index contributed by atoms with van der Waals surface area (Å²) in [4.78, 5) is 12.5. The first-order valence-corrected chi connectivity index (χ1v) is 37.8. The third-order valence-electron chi connectivity index (χ3n) is 18.1. The lowest BCUT2D eigenvalue weighted by molar-refractivity contribution is -0.142. The summed E-state index contributed by atoms with van der Waals surface area (Å²) in [7, 11) is 0. The molecule has 0 bridgehead atoms. The molecule has 0 aromatic heterocycles. The molecule has 528 valence electrons. The van der Waals surface area contributed by atoms with Crippen LogP contribution in [0.2, 0.25) is 0 Å². The van der Waals surface area contributed by atoms with E-state index in [0.29, 0.717) is 13.0 Å². The Bertz CT molecular complexity index is 2510. The Morgan fingerprint density at radius 3 is 0.426 bits per heavy atom. The first-order valence-electron chi connectivity index (χ1n) is 37.8. The van der Waals surface area contributed by atoms with Gasteiger partial charge in [-0.1, -0.05) is 204 Å². The number of hydrogen-bond donors (Lipinski definition) is 0. The first kappa shape index (κ1) is 88.8. The summed E-state index contributed by atoms with van der Waals surface area (Å²) in [6, 6.07) is 0. The number of carbonyl (C=O) groups is 1. The van der Waals surface area contributed by atoms with Gasteiger partial charge < -0.3 is 4.74 Å². The molecule has 0 spiro atoms. The van der Waals surface area contributed by atoms with Crippen LogP contribution in [0.15, 0.2) is 210 Å². The molecule has 0 saturated heterocycles. The van der Waals surface area contributed by atoms with E-state index >= 15 is 0 Å². The molecule has 0 atom stereocenters. The summed E-state index contributed by atoms with van der Waals surface area (Å²) in [5.41, 5.74) is 26.6. The molecule has 0 aliphatic carbocycles. The third-order valence-corrected chi connectivity index (χ3v) is 18.1. The Balaban J connectivity index is 4.32. The highest BCUT2D eigenvalue weighted by molar-refractivity contribution is 5.69. The van der Waals surface area contributed by atoms with Crippen LogP contribution in [-0.4, -0.2) is 12.6 Å². The van der Waals surface area contributed by atoms with Crippen molar-refractivity contribution in [3.05, 3.63) is 210 Å². The van der Waals surface area contributed by atoms with Crippen molar-refractivity contribution in [2.24, 2.45) is 0 Å². The van der Waals surface area contributed by atoms with Gasteiger partial charge in [-0.25, -0.2) is 0 Å². The van der Waals surface area contributed by atoms with Crippen molar-refractivity contribution in [1.82, 2.24) is 0 Å². The molecule has 2 heteroatoms. The van der Waals surface area contributed by atoms with E-state index in [1.807, 2.05) is 0 Å². The fourth-order valence-corrected chi connectivity index (χ4v) is 11.2. The third kappa shape index (κ3) is 60.5. The van der Waals surface area contributed by atoms with Crippen LogP contribution in [0.1, 0.15) is 357 Å². The van der Waals surface area contributed by atoms with Gasteiger partial charge >= 0.3 is 5.97 Å². The van der Waals surface area contributed by atoms with Gasteiger partial charge in [-0.05, 0) is 356 Å². The number of allylic oxidation sites excluding steroid dienone is 35. The fourth-order valence-electron chi connectivity index (χ4n) is 11.2. The van der Waals surface area contributed by atoms with Crippen LogP contribution >= 0.6 is 0 Å². The molecule has 0 unspecified atom stereocenters. The number of esters is 1. The highest BCUT2D eigenvalue weighted by atomic mass is 16.5. The molecule has 0 N–H and O–H groups in total. The normalized spacial score (nSPS) is 14.8. The largest absolute Gasteiger partial charge is 0.461 e. The molecule has 0 aliphatic heterocycles. The van der Waals surface area contributed by atoms with Gasteiger partial charge in [0.1, 0.15) is 6.61 Å². The van der Waals surface area contributed by atoms with Crippen LogP contribution in [0, 0.1) is 0 Å². The molecule has 0 radical (unpaired) electrons. The zero-order valence-corrected chi connectivity index (χ0v) is 65.5. The van der Waals surface area contributed by atoms with E-state index in [4.69, 9.17) is 4.74 Å². The second-order valence-electron chi connectivity index (χ2n) is 29.2. The highest BCUT2D eigenvalue weighted by Gasteiger charge is 2.04. The molecule has 0 aromatic carbocycles. The predicted molar refractivity (Wildman–Crippen MR) is 427 cm³/mol. The maximum absolute atomic E-state index is 12.5. The SMILES string of the molecule is CC(C)=CCC/C(C)=C\CC/C(C)=C\CC/C(C)=C\CC/C(C)=C\CC/C(C)=C\CC/C(C)=C\CC/C(C)=C\CC/C(C)=C\CCC(=O)OC/C=C(/C)CC/C=C(/C)CC/C=C(/C)CC/C=C(/C)CC/C=C(/C)CC/C=C(/C)CC/C=C(/C)CC/C=C(/C)CCC=C(C)C. The van der Waals surface area contributed by atoms with Crippen molar-refractivity contribution in [3.63, 3.8) is 0 Å². The summed E-state index contributed by atoms with van der Waals surface area (Å²) in [6.45, 7) is 45.5. The molecule has 0 amide bonds. The Morgan fingerprint density at radius 1 is 0.170 bits per heavy atom. The first-order chi connectivity index (χ1) is 44.8. The van der Waals surface area contributed by atoms with E-state index in [0.717, 1.165) is 173 Å². The lowest BCUT2D eigenvalue weighted by Crippen LogP contribution is -2.04. The van der Waals surface area contributed by atoms with Gasteiger partial charge in [0, 0.05) is 6.42 Å². The Morgan fingerprint density at radius 2 is 0.287 bits per heavy atom. The summed E-state index contributed by atoms with van der Waals surface area (Å²) in [5, 5.41) is 0. The monoisotopic (exact) mass is 1290 g/mol. The van der Waals surface area contributed by atoms with Gasteiger partial charge in [0.2, 0.25) is 0 Å². The lowest BCUT2D eigenvalue weighted by Gasteiger charge is -2.05. The van der Waals surface area contributed by atoms with Crippen molar-refractivity contribution in [2.75, 3.05) is 6.61 Å². The van der Waals surface area contributed by atoms with Crippen molar-refractivity contribution in [1.29, 1.82) is 0 Å². The minimum atomic E-state index is -0.115. The molecular formula is C92H148O2. The van der Waals surface area contributed by atoms with E-state index in [1.165, 1.54) is 139 Å². The van der Waals surface area contributed by atoms with E-state index in [1.54, 1.807) is 0 Å². The zero-order valence-electron chi connectivity index (χ0n) is 65.5. The molecule has 0 heterocycles. The standard InChI is InChI=1S/C92H148O2/c1-74(2)38-21-40-76(5)42-23-44-78(7)46-25-48-80(9)50-27-52-82(11)54-29-55-84(13)58-31-59-86(15)62-33-63-88(17)66-35-67-90(19)70-37-71-92(93)94-73-72-91(20)69-36-68-89(18)65-34-64-87(16)61-32-60-85(14)57-30-56-83(12)53-28-51-81(10)49-26-47-79(8)45-24-43-77(6)41-22-39-75(3)4/h38-39,42-43,46-47,50-51,54,56,58,60,62,64,66,68,70,72H,21-37,40-41,44-45,48-49,52-53,55,57,59,61,63,65,67,69,71,73H2,1-20H3/b76-42-,77-43-,78-46-,79-47-,80-50-,81-51-,82-54-,83-56-,84-58-,85-60-,86-62-,87-64-,88-66-,89-68-,90-70-,91-72-. The second-order valence-corrected chi connectivity index (χ2v) is 29.2. The van der Waals surface area contributed by atoms with Gasteiger partial charge in [-0.3, -0.25) is 4.79 Å². The average Bonchev–Trinajstić information content (AvgIpc) is 3.72. The van der Waals surface area contributed by atoms with Crippen LogP contribution in [0.25, 0.3) is 0 Å². The average molecular weight is 1290 g/mol. The summed E-state index contributed by atoms with van der Waals surface area (Å²) < 4.78 is 5.57.